The Balaban J connectivity index is 1.60. The minimum Gasteiger partial charge on any atom is -0.478 e. The highest BCUT2D eigenvalue weighted by Gasteiger charge is 2.85. The van der Waals surface area contributed by atoms with E-state index in [1.807, 2.05) is 57.5 Å². The lowest BCUT2D eigenvalue weighted by Gasteiger charge is -2.41. The Morgan fingerprint density at radius 3 is 2.64 bits per heavy atom. The van der Waals surface area contributed by atoms with Crippen molar-refractivity contribution < 1.29 is 14.3 Å². The maximum absolute atomic E-state index is 13.0. The second kappa shape index (κ2) is 7.43. The van der Waals surface area contributed by atoms with E-state index >= 15 is 0 Å². The zero-order valence-electron chi connectivity index (χ0n) is 20.5. The first-order valence-corrected chi connectivity index (χ1v) is 13.3. The van der Waals surface area contributed by atoms with Gasteiger partial charge in [-0.15, -0.1) is 0 Å². The molecule has 0 unspecified atom stereocenters. The molecule has 0 saturated heterocycles. The molecule has 2 aromatic heterocycles. The first kappa shape index (κ1) is 22.5. The third kappa shape index (κ3) is 2.70. The fourth-order valence-electron chi connectivity index (χ4n) is 6.92. The monoisotopic (exact) mass is 548 g/mol. The van der Waals surface area contributed by atoms with Gasteiger partial charge in [-0.3, -0.25) is 9.98 Å². The molecule has 0 bridgehead atoms. The molecular weight excluding hydrogens is 520 g/mol. The highest BCUT2D eigenvalue weighted by molar-refractivity contribution is 9.10. The average Bonchev–Trinajstić information content (AvgIpc) is 3.28. The molecule has 1 aromatic carbocycles. The number of pyridine rings is 1. The number of aryl methyl sites for hydroxylation is 1. The summed E-state index contributed by atoms with van der Waals surface area (Å²) in [6, 6.07) is 14.1. The predicted octanol–water partition coefficient (Wildman–Crippen LogP) is 4.30. The van der Waals surface area contributed by atoms with Gasteiger partial charge in [0.2, 0.25) is 0 Å². The maximum atomic E-state index is 13.0. The number of nitrogens with one attached hydrogen (secondary N) is 1. The third-order valence-corrected chi connectivity index (χ3v) is 8.91. The van der Waals surface area contributed by atoms with E-state index in [-0.39, 0.29) is 11.8 Å². The number of halogens is 1. The fraction of sp³-hybridized carbons (Fsp3) is 0.429. The van der Waals surface area contributed by atoms with Gasteiger partial charge < -0.3 is 24.5 Å². The van der Waals surface area contributed by atoms with Crippen LogP contribution in [0.1, 0.15) is 41.3 Å². The Labute approximate surface area is 218 Å². The zero-order valence-corrected chi connectivity index (χ0v) is 22.1. The van der Waals surface area contributed by atoms with Crippen LogP contribution in [0.3, 0.4) is 0 Å². The Morgan fingerprint density at radius 1 is 1.19 bits per heavy atom. The van der Waals surface area contributed by atoms with Crippen molar-refractivity contribution in [2.24, 2.45) is 16.8 Å². The van der Waals surface area contributed by atoms with Crippen LogP contribution < -0.4 is 10.1 Å². The normalized spacial score (nSPS) is 34.1. The number of nitrogens with zero attached hydrogens (tertiary/aromatic N) is 3. The van der Waals surface area contributed by atoms with Gasteiger partial charge in [0.05, 0.1) is 12.2 Å². The quantitative estimate of drug-likeness (QED) is 0.494. The number of rotatable bonds is 5. The van der Waals surface area contributed by atoms with Gasteiger partial charge in [0.15, 0.2) is 16.9 Å². The molecule has 2 aliphatic heterocycles. The molecule has 7 nitrogen and oxygen atoms in total. The lowest BCUT2D eigenvalue weighted by molar-refractivity contribution is -0.0857. The second-order valence-corrected chi connectivity index (χ2v) is 11.8. The van der Waals surface area contributed by atoms with Crippen molar-refractivity contribution in [3.05, 3.63) is 82.0 Å². The molecule has 1 spiro atoms. The number of hydrogen-bond donors (Lipinski definition) is 2. The lowest BCUT2D eigenvalue weighted by Crippen LogP contribution is -2.61. The van der Waals surface area contributed by atoms with Crippen LogP contribution in [0.2, 0.25) is 0 Å². The van der Waals surface area contributed by atoms with Crippen molar-refractivity contribution in [2.45, 2.75) is 42.5 Å². The molecule has 0 radical (unpaired) electrons. The molecule has 5 atom stereocenters. The molecule has 0 amide bonds. The Bertz CT molecular complexity index is 1370. The highest BCUT2D eigenvalue weighted by atomic mass is 79.9. The van der Waals surface area contributed by atoms with Gasteiger partial charge in [-0.05, 0) is 63.7 Å². The van der Waals surface area contributed by atoms with Gasteiger partial charge in [-0.25, -0.2) is 0 Å². The standard InChI is InChI=1S/C28H29BrN4O3/c1-16-13-23-20(14-30-16)27-26(36-23,18-8-10-19(29)11-9-18)24(22-5-4-12-35-22)21(15-33(2)3)28(27,34)32-25(31-27)17-6-7-17/h4-5,8-14,17,21,24,34H,6-7,15H2,1-3H3,(H,31,32)/t21-,24+,26+,27-,28-/m1/s1. The van der Waals surface area contributed by atoms with Gasteiger partial charge in [0, 0.05) is 46.4 Å². The summed E-state index contributed by atoms with van der Waals surface area (Å²) in [6.07, 6.45) is 5.70. The smallest absolute Gasteiger partial charge is 0.184 e. The summed E-state index contributed by atoms with van der Waals surface area (Å²) in [7, 11) is 4.07. The Kier molecular flexibility index (Phi) is 4.65. The Hall–Kier alpha value is -2.68. The van der Waals surface area contributed by atoms with Gasteiger partial charge in [0.25, 0.3) is 0 Å². The van der Waals surface area contributed by atoms with Crippen molar-refractivity contribution in [1.82, 2.24) is 15.2 Å². The SMILES string of the molecule is Cc1cc2c(cn1)[C@]13N=C(C4CC4)N[C@@]1(O)[C@H](CN(C)C)[C@@H](c1ccco1)[C@]3(c1ccc(Br)cc1)O2. The summed E-state index contributed by atoms with van der Waals surface area (Å²) in [5.74, 6) is 2.07. The van der Waals surface area contributed by atoms with Crippen molar-refractivity contribution in [3.63, 3.8) is 0 Å². The molecular formula is C28H29BrN4O3. The van der Waals surface area contributed by atoms with Crippen molar-refractivity contribution in [3.8, 4) is 5.75 Å². The van der Waals surface area contributed by atoms with Crippen LogP contribution in [-0.2, 0) is 11.1 Å². The number of hydrogen-bond acceptors (Lipinski definition) is 7. The van der Waals surface area contributed by atoms with E-state index < -0.39 is 16.9 Å². The molecule has 7 rings (SSSR count). The predicted molar refractivity (Wildman–Crippen MR) is 139 cm³/mol. The number of furan rings is 1. The molecule has 2 N–H and O–H groups in total. The minimum absolute atomic E-state index is 0.295. The summed E-state index contributed by atoms with van der Waals surface area (Å²) in [6.45, 7) is 2.57. The molecule has 2 saturated carbocycles. The topological polar surface area (TPSA) is 83.1 Å². The number of aromatic nitrogens is 1. The van der Waals surface area contributed by atoms with E-state index in [4.69, 9.17) is 14.1 Å². The average molecular weight is 549 g/mol. The number of amidine groups is 1. The van der Waals surface area contributed by atoms with Crippen LogP contribution in [0.5, 0.6) is 5.75 Å². The van der Waals surface area contributed by atoms with Gasteiger partial charge >= 0.3 is 0 Å². The van der Waals surface area contributed by atoms with Crippen LogP contribution in [0.4, 0.5) is 0 Å². The summed E-state index contributed by atoms with van der Waals surface area (Å²) in [5, 5.41) is 16.6. The van der Waals surface area contributed by atoms with Crippen LogP contribution in [0.25, 0.3) is 0 Å². The van der Waals surface area contributed by atoms with Crippen molar-refractivity contribution in [2.75, 3.05) is 20.6 Å². The molecule has 186 valence electrons. The first-order valence-electron chi connectivity index (χ1n) is 12.5. The van der Waals surface area contributed by atoms with Gasteiger partial charge in [-0.2, -0.15) is 0 Å². The van der Waals surface area contributed by atoms with Crippen LogP contribution in [-0.4, -0.2) is 47.2 Å². The van der Waals surface area contributed by atoms with Gasteiger partial charge in [-0.1, -0.05) is 28.1 Å². The van der Waals surface area contributed by atoms with E-state index in [9.17, 15) is 5.11 Å². The van der Waals surface area contributed by atoms with Crippen molar-refractivity contribution in [1.29, 1.82) is 0 Å². The van der Waals surface area contributed by atoms with E-state index in [2.05, 4.69) is 43.3 Å². The lowest BCUT2D eigenvalue weighted by atomic mass is 9.70. The molecule has 2 aliphatic carbocycles. The van der Waals surface area contributed by atoms with E-state index in [1.165, 1.54) is 0 Å². The number of aliphatic hydroxyl groups is 1. The second-order valence-electron chi connectivity index (χ2n) is 10.9. The van der Waals surface area contributed by atoms with Gasteiger partial charge in [0.1, 0.15) is 17.3 Å². The highest BCUT2D eigenvalue weighted by Crippen LogP contribution is 2.74. The summed E-state index contributed by atoms with van der Waals surface area (Å²) in [5.41, 5.74) is -0.983. The van der Waals surface area contributed by atoms with Crippen LogP contribution in [0.15, 0.2) is 68.8 Å². The number of benzene rings is 1. The number of aliphatic imine (C=N–C) groups is 1. The van der Waals surface area contributed by atoms with Crippen molar-refractivity contribution >= 4 is 21.8 Å². The minimum atomic E-state index is -1.41. The molecule has 8 heteroatoms. The summed E-state index contributed by atoms with van der Waals surface area (Å²) in [4.78, 5) is 12.2. The first-order chi connectivity index (χ1) is 17.3. The maximum Gasteiger partial charge on any atom is 0.184 e. The molecule has 4 aliphatic rings. The third-order valence-electron chi connectivity index (χ3n) is 8.38. The van der Waals surface area contributed by atoms with E-state index in [1.54, 1.807) is 6.26 Å². The fourth-order valence-corrected chi connectivity index (χ4v) is 7.18. The number of ether oxygens (including phenoxy) is 1. The molecule has 36 heavy (non-hydrogen) atoms. The largest absolute Gasteiger partial charge is 0.478 e. The van der Waals surface area contributed by atoms with Crippen LogP contribution >= 0.6 is 15.9 Å². The summed E-state index contributed by atoms with van der Waals surface area (Å²) < 4.78 is 14.2. The zero-order chi connectivity index (χ0) is 24.9. The van der Waals surface area contributed by atoms with E-state index in [0.717, 1.165) is 45.7 Å². The summed E-state index contributed by atoms with van der Waals surface area (Å²) >= 11 is 3.60. The Morgan fingerprint density at radius 2 is 1.97 bits per heavy atom. The number of fused-ring (bicyclic) bond motifs is 1. The molecule has 3 aromatic rings. The van der Waals surface area contributed by atoms with Crippen LogP contribution in [0, 0.1) is 18.8 Å². The molecule has 2 fully saturated rings. The van der Waals surface area contributed by atoms with E-state index in [0.29, 0.717) is 18.2 Å². The molecule has 4 heterocycles.